The zero-order chi connectivity index (χ0) is 12.3. The average Bonchev–Trinajstić information content (AvgIpc) is 2.73. The Hall–Kier alpha value is -0.890. The number of rotatable bonds is 2. The van der Waals surface area contributed by atoms with E-state index >= 15 is 0 Å². The maximum atomic E-state index is 9.18. The predicted octanol–water partition coefficient (Wildman–Crippen LogP) is 5.34. The molecule has 84 valence electrons. The molecule has 0 bridgehead atoms. The molecule has 2 aromatic rings. The molecule has 0 unspecified atom stereocenters. The summed E-state index contributed by atoms with van der Waals surface area (Å²) in [6.07, 6.45) is 1.90. The van der Waals surface area contributed by atoms with Gasteiger partial charge in [-0.3, -0.25) is 0 Å². The van der Waals surface area contributed by atoms with Crippen LogP contribution in [0.3, 0.4) is 0 Å². The van der Waals surface area contributed by atoms with Crippen molar-refractivity contribution in [2.45, 2.75) is 0 Å². The largest absolute Gasteiger partial charge is 0.192 e. The third kappa shape index (κ3) is 3.29. The van der Waals surface area contributed by atoms with Crippen molar-refractivity contribution in [3.05, 3.63) is 55.1 Å². The molecule has 4 heteroatoms. The van der Waals surface area contributed by atoms with Gasteiger partial charge in [0.05, 0.1) is 15.4 Å². The van der Waals surface area contributed by atoms with Crippen molar-refractivity contribution >= 4 is 54.8 Å². The maximum Gasteiger partial charge on any atom is 0.0998 e. The molecule has 0 aliphatic heterocycles. The number of hydrogen-bond acceptors (Lipinski definition) is 2. The summed E-state index contributed by atoms with van der Waals surface area (Å²) in [5.74, 6) is 0. The molecule has 0 aliphatic carbocycles. The third-order valence-corrected chi connectivity index (χ3v) is 4.26. The fraction of sp³-hybridized carbons (Fsp3) is 0. The summed E-state index contributed by atoms with van der Waals surface area (Å²) in [5.41, 5.74) is 1.60. The van der Waals surface area contributed by atoms with Crippen LogP contribution in [-0.2, 0) is 0 Å². The smallest absolute Gasteiger partial charge is 0.0998 e. The fourth-order valence-corrected chi connectivity index (χ4v) is 2.99. The van der Waals surface area contributed by atoms with Crippen LogP contribution in [-0.4, -0.2) is 0 Å². The lowest BCUT2D eigenvalue weighted by Gasteiger charge is -1.98. The highest BCUT2D eigenvalue weighted by Crippen LogP contribution is 2.26. The molecule has 0 saturated carbocycles. The van der Waals surface area contributed by atoms with Crippen LogP contribution in [0, 0.1) is 11.3 Å². The van der Waals surface area contributed by atoms with E-state index in [1.807, 2.05) is 42.5 Å². The zero-order valence-electron chi connectivity index (χ0n) is 8.65. The lowest BCUT2D eigenvalue weighted by atomic mass is 10.1. The van der Waals surface area contributed by atoms with Gasteiger partial charge in [-0.05, 0) is 51.8 Å². The Morgan fingerprint density at radius 3 is 2.35 bits per heavy atom. The summed E-state index contributed by atoms with van der Waals surface area (Å²) in [6, 6.07) is 13.9. The molecule has 1 aromatic heterocycles. The summed E-state index contributed by atoms with van der Waals surface area (Å²) < 4.78 is 2.08. The van der Waals surface area contributed by atoms with Gasteiger partial charge < -0.3 is 0 Å². The minimum absolute atomic E-state index is 0.673. The third-order valence-electron chi connectivity index (χ3n) is 2.16. The van der Waals surface area contributed by atoms with Crippen LogP contribution in [0.5, 0.6) is 0 Å². The van der Waals surface area contributed by atoms with E-state index < -0.39 is 0 Å². The number of nitriles is 1. The number of thiophene rings is 1. The van der Waals surface area contributed by atoms with E-state index in [0.29, 0.717) is 5.57 Å². The van der Waals surface area contributed by atoms with Gasteiger partial charge in [-0.2, -0.15) is 5.26 Å². The molecule has 0 N–H and O–H groups in total. The SMILES string of the molecule is N#C/C(=C\c1ccc(Br)s1)c1ccc(Br)cc1. The summed E-state index contributed by atoms with van der Waals surface area (Å²) >= 11 is 8.40. The lowest BCUT2D eigenvalue weighted by Crippen LogP contribution is -1.80. The van der Waals surface area contributed by atoms with Gasteiger partial charge in [-0.1, -0.05) is 28.1 Å². The van der Waals surface area contributed by atoms with Crippen molar-refractivity contribution in [3.8, 4) is 6.07 Å². The molecule has 0 spiro atoms. The van der Waals surface area contributed by atoms with Crippen molar-refractivity contribution in [1.82, 2.24) is 0 Å². The van der Waals surface area contributed by atoms with Gasteiger partial charge >= 0.3 is 0 Å². The Morgan fingerprint density at radius 1 is 1.12 bits per heavy atom. The molecule has 1 nitrogen and oxygen atoms in total. The van der Waals surface area contributed by atoms with Crippen LogP contribution in [0.25, 0.3) is 11.6 Å². The molecule has 1 aromatic carbocycles. The first-order valence-electron chi connectivity index (χ1n) is 4.82. The summed E-state index contributed by atoms with van der Waals surface area (Å²) in [4.78, 5) is 1.07. The number of benzene rings is 1. The molecule has 0 radical (unpaired) electrons. The van der Waals surface area contributed by atoms with Crippen LogP contribution in [0.4, 0.5) is 0 Å². The molecule has 0 saturated heterocycles. The Morgan fingerprint density at radius 2 is 1.82 bits per heavy atom. The van der Waals surface area contributed by atoms with E-state index in [0.717, 1.165) is 18.7 Å². The maximum absolute atomic E-state index is 9.18. The molecule has 0 amide bonds. The monoisotopic (exact) mass is 367 g/mol. The first-order valence-corrected chi connectivity index (χ1v) is 7.22. The Labute approximate surface area is 121 Å². The summed E-state index contributed by atoms with van der Waals surface area (Å²) in [7, 11) is 0. The van der Waals surface area contributed by atoms with Gasteiger partial charge in [-0.15, -0.1) is 11.3 Å². The van der Waals surface area contributed by atoms with Crippen LogP contribution in [0.15, 0.2) is 44.7 Å². The van der Waals surface area contributed by atoms with E-state index in [-0.39, 0.29) is 0 Å². The Bertz CT molecular complexity index is 591. The van der Waals surface area contributed by atoms with Gasteiger partial charge in [0.25, 0.3) is 0 Å². The van der Waals surface area contributed by atoms with Gasteiger partial charge in [0.2, 0.25) is 0 Å². The topological polar surface area (TPSA) is 23.8 Å². The number of halogens is 2. The Balaban J connectivity index is 2.37. The van der Waals surface area contributed by atoms with Gasteiger partial charge in [0.1, 0.15) is 0 Å². The summed E-state index contributed by atoms with van der Waals surface area (Å²) in [6.45, 7) is 0. The van der Waals surface area contributed by atoms with Crippen molar-refractivity contribution in [3.63, 3.8) is 0 Å². The highest BCUT2D eigenvalue weighted by atomic mass is 79.9. The molecule has 17 heavy (non-hydrogen) atoms. The average molecular weight is 369 g/mol. The van der Waals surface area contributed by atoms with Crippen molar-refractivity contribution in [2.75, 3.05) is 0 Å². The molecular weight excluding hydrogens is 362 g/mol. The standard InChI is InChI=1S/C13H7Br2NS/c14-11-3-1-9(2-4-11)10(8-16)7-12-5-6-13(15)17-12/h1-7H/b10-7+. The second-order valence-electron chi connectivity index (χ2n) is 3.32. The number of allylic oxidation sites excluding steroid dienone is 1. The van der Waals surface area contributed by atoms with Crippen LogP contribution < -0.4 is 0 Å². The minimum atomic E-state index is 0.673. The molecule has 0 fully saturated rings. The molecule has 1 heterocycles. The van der Waals surface area contributed by atoms with E-state index in [1.54, 1.807) is 11.3 Å². The van der Waals surface area contributed by atoms with Gasteiger partial charge in [0.15, 0.2) is 0 Å². The normalized spacial score (nSPS) is 11.2. The molecular formula is C13H7Br2NS. The molecule has 2 rings (SSSR count). The number of nitrogens with zero attached hydrogens (tertiary/aromatic N) is 1. The minimum Gasteiger partial charge on any atom is -0.192 e. The second kappa shape index (κ2) is 5.63. The quantitative estimate of drug-likeness (QED) is 0.656. The summed E-state index contributed by atoms with van der Waals surface area (Å²) in [5, 5.41) is 9.18. The van der Waals surface area contributed by atoms with Crippen LogP contribution >= 0.6 is 43.2 Å². The first-order chi connectivity index (χ1) is 8.19. The van der Waals surface area contributed by atoms with Crippen molar-refractivity contribution in [1.29, 1.82) is 5.26 Å². The van der Waals surface area contributed by atoms with E-state index in [1.165, 1.54) is 0 Å². The lowest BCUT2D eigenvalue weighted by molar-refractivity contribution is 1.52. The van der Waals surface area contributed by atoms with E-state index in [9.17, 15) is 5.26 Å². The first kappa shape index (κ1) is 12.6. The van der Waals surface area contributed by atoms with E-state index in [2.05, 4.69) is 37.9 Å². The van der Waals surface area contributed by atoms with Gasteiger partial charge in [-0.25, -0.2) is 0 Å². The van der Waals surface area contributed by atoms with Crippen LogP contribution in [0.2, 0.25) is 0 Å². The highest BCUT2D eigenvalue weighted by Gasteiger charge is 2.02. The predicted molar refractivity (Wildman–Crippen MR) is 79.6 cm³/mol. The second-order valence-corrected chi connectivity index (χ2v) is 6.73. The van der Waals surface area contributed by atoms with Gasteiger partial charge in [0, 0.05) is 9.35 Å². The molecule has 0 aliphatic rings. The van der Waals surface area contributed by atoms with Crippen molar-refractivity contribution < 1.29 is 0 Å². The highest BCUT2D eigenvalue weighted by molar-refractivity contribution is 9.11. The number of hydrogen-bond donors (Lipinski definition) is 0. The van der Waals surface area contributed by atoms with Crippen molar-refractivity contribution in [2.24, 2.45) is 0 Å². The molecule has 0 atom stereocenters. The Kier molecular flexibility index (Phi) is 4.16. The zero-order valence-corrected chi connectivity index (χ0v) is 12.6. The fourth-order valence-electron chi connectivity index (χ4n) is 1.36. The van der Waals surface area contributed by atoms with Crippen LogP contribution in [0.1, 0.15) is 10.4 Å². The van der Waals surface area contributed by atoms with E-state index in [4.69, 9.17) is 0 Å².